The summed E-state index contributed by atoms with van der Waals surface area (Å²) in [4.78, 5) is 10.8. The fourth-order valence-electron chi connectivity index (χ4n) is 2.43. The molecule has 0 spiro atoms. The highest BCUT2D eigenvalue weighted by Crippen LogP contribution is 2.27. The van der Waals surface area contributed by atoms with E-state index in [1.165, 1.54) is 25.7 Å². The molecule has 2 rings (SSSR count). The number of rotatable bonds is 4. The van der Waals surface area contributed by atoms with Crippen LogP contribution in [-0.4, -0.2) is 22.6 Å². The number of hydrogen-bond acceptors (Lipinski definition) is 3. The van der Waals surface area contributed by atoms with Gasteiger partial charge in [0.05, 0.1) is 12.4 Å². The van der Waals surface area contributed by atoms with Crippen LogP contribution in [0.15, 0.2) is 12.4 Å². The van der Waals surface area contributed by atoms with Crippen LogP contribution in [0.5, 0.6) is 0 Å². The molecule has 1 saturated heterocycles. The van der Waals surface area contributed by atoms with Gasteiger partial charge in [-0.15, -0.1) is 0 Å². The van der Waals surface area contributed by atoms with E-state index in [-0.39, 0.29) is 0 Å². The number of halogens is 1. The molecule has 1 aromatic rings. The van der Waals surface area contributed by atoms with Crippen molar-refractivity contribution >= 4 is 17.4 Å². The molecule has 1 unspecified atom stereocenters. The number of anilines is 1. The molecule has 1 aliphatic heterocycles. The van der Waals surface area contributed by atoms with Gasteiger partial charge in [0.1, 0.15) is 11.0 Å². The first-order valence-corrected chi connectivity index (χ1v) is 6.79. The lowest BCUT2D eigenvalue weighted by atomic mass is 10.0. The predicted molar refractivity (Wildman–Crippen MR) is 71.5 cm³/mol. The second kappa shape index (κ2) is 5.67. The van der Waals surface area contributed by atoms with E-state index in [4.69, 9.17) is 11.6 Å². The standard InChI is InChI=1S/C13H20ClN3/c1-10(2)5-6-11-4-3-7-17(11)13-9-15-8-12(14)16-13/h8-11H,3-7H2,1-2H3. The topological polar surface area (TPSA) is 29.0 Å². The summed E-state index contributed by atoms with van der Waals surface area (Å²) in [6, 6.07) is 0.616. The third-order valence-corrected chi connectivity index (χ3v) is 3.52. The van der Waals surface area contributed by atoms with Crippen molar-refractivity contribution < 1.29 is 0 Å². The van der Waals surface area contributed by atoms with Gasteiger partial charge in [0.2, 0.25) is 0 Å². The summed E-state index contributed by atoms with van der Waals surface area (Å²) in [6.07, 6.45) is 8.43. The minimum atomic E-state index is 0.483. The van der Waals surface area contributed by atoms with Gasteiger partial charge < -0.3 is 4.90 Å². The van der Waals surface area contributed by atoms with Crippen LogP contribution in [0.25, 0.3) is 0 Å². The highest BCUT2D eigenvalue weighted by atomic mass is 35.5. The van der Waals surface area contributed by atoms with Gasteiger partial charge in [-0.2, -0.15) is 0 Å². The Balaban J connectivity index is 2.04. The first kappa shape index (κ1) is 12.6. The third kappa shape index (κ3) is 3.32. The fraction of sp³-hybridized carbons (Fsp3) is 0.692. The second-order valence-electron chi connectivity index (χ2n) is 5.16. The Kier molecular flexibility index (Phi) is 4.21. The average molecular weight is 254 g/mol. The largest absolute Gasteiger partial charge is 0.352 e. The summed E-state index contributed by atoms with van der Waals surface area (Å²) in [6.45, 7) is 5.63. The lowest BCUT2D eigenvalue weighted by molar-refractivity contribution is 0.494. The molecule has 94 valence electrons. The summed E-state index contributed by atoms with van der Waals surface area (Å²) >= 11 is 5.90. The average Bonchev–Trinajstić information content (AvgIpc) is 2.74. The number of nitrogens with zero attached hydrogens (tertiary/aromatic N) is 3. The SMILES string of the molecule is CC(C)CCC1CCCN1c1cncc(Cl)n1. The molecular weight excluding hydrogens is 234 g/mol. The minimum absolute atomic E-state index is 0.483. The molecule has 1 aliphatic rings. The number of aromatic nitrogens is 2. The molecule has 0 bridgehead atoms. The van der Waals surface area contributed by atoms with Crippen LogP contribution in [0, 0.1) is 5.92 Å². The van der Waals surface area contributed by atoms with Crippen molar-refractivity contribution in [3.63, 3.8) is 0 Å². The van der Waals surface area contributed by atoms with Crippen LogP contribution in [0.3, 0.4) is 0 Å². The Labute approximate surface area is 108 Å². The van der Waals surface area contributed by atoms with Gasteiger partial charge in [-0.05, 0) is 31.6 Å². The van der Waals surface area contributed by atoms with Crippen molar-refractivity contribution in [3.05, 3.63) is 17.5 Å². The van der Waals surface area contributed by atoms with Crippen molar-refractivity contribution in [3.8, 4) is 0 Å². The van der Waals surface area contributed by atoms with Gasteiger partial charge >= 0.3 is 0 Å². The van der Waals surface area contributed by atoms with Gasteiger partial charge in [0.15, 0.2) is 0 Å². The minimum Gasteiger partial charge on any atom is -0.352 e. The maximum atomic E-state index is 5.90. The first-order chi connectivity index (χ1) is 8.16. The third-order valence-electron chi connectivity index (χ3n) is 3.34. The second-order valence-corrected chi connectivity index (χ2v) is 5.55. The van der Waals surface area contributed by atoms with Gasteiger partial charge in [-0.1, -0.05) is 25.4 Å². The van der Waals surface area contributed by atoms with Crippen molar-refractivity contribution in [1.82, 2.24) is 9.97 Å². The molecule has 1 aromatic heterocycles. The molecular formula is C13H20ClN3. The van der Waals surface area contributed by atoms with E-state index in [1.54, 1.807) is 6.20 Å². The lowest BCUT2D eigenvalue weighted by Crippen LogP contribution is -2.30. The Hall–Kier alpha value is -0.830. The van der Waals surface area contributed by atoms with Gasteiger partial charge in [-0.25, -0.2) is 4.98 Å². The maximum absolute atomic E-state index is 5.90. The first-order valence-electron chi connectivity index (χ1n) is 6.41. The summed E-state index contributed by atoms with van der Waals surface area (Å²) < 4.78 is 0. The van der Waals surface area contributed by atoms with E-state index >= 15 is 0 Å². The summed E-state index contributed by atoms with van der Waals surface area (Å²) in [5.74, 6) is 1.70. The molecule has 17 heavy (non-hydrogen) atoms. The highest BCUT2D eigenvalue weighted by Gasteiger charge is 2.25. The van der Waals surface area contributed by atoms with E-state index in [9.17, 15) is 0 Å². The Bertz CT molecular complexity index is 367. The van der Waals surface area contributed by atoms with E-state index in [0.717, 1.165) is 18.3 Å². The Morgan fingerprint density at radius 2 is 2.29 bits per heavy atom. The zero-order valence-electron chi connectivity index (χ0n) is 10.6. The molecule has 1 fully saturated rings. The van der Waals surface area contributed by atoms with Crippen LogP contribution in [0.1, 0.15) is 39.5 Å². The highest BCUT2D eigenvalue weighted by molar-refractivity contribution is 6.29. The number of hydrogen-bond donors (Lipinski definition) is 0. The van der Waals surface area contributed by atoms with Gasteiger partial charge in [0.25, 0.3) is 0 Å². The van der Waals surface area contributed by atoms with Crippen LogP contribution in [-0.2, 0) is 0 Å². The lowest BCUT2D eigenvalue weighted by Gasteiger charge is -2.26. The van der Waals surface area contributed by atoms with Crippen LogP contribution in [0.2, 0.25) is 5.15 Å². The molecule has 0 N–H and O–H groups in total. The van der Waals surface area contributed by atoms with Crippen LogP contribution < -0.4 is 4.90 Å². The zero-order valence-corrected chi connectivity index (χ0v) is 11.3. The quantitative estimate of drug-likeness (QED) is 0.822. The molecule has 4 heteroatoms. The molecule has 0 aliphatic carbocycles. The Morgan fingerprint density at radius 1 is 1.47 bits per heavy atom. The van der Waals surface area contributed by atoms with E-state index in [1.807, 2.05) is 6.20 Å². The summed E-state index contributed by atoms with van der Waals surface area (Å²) in [5.41, 5.74) is 0. The molecule has 1 atom stereocenters. The zero-order chi connectivity index (χ0) is 12.3. The predicted octanol–water partition coefficient (Wildman–Crippen LogP) is 3.54. The normalized spacial score (nSPS) is 20.2. The molecule has 0 amide bonds. The molecule has 3 nitrogen and oxygen atoms in total. The van der Waals surface area contributed by atoms with Crippen LogP contribution >= 0.6 is 11.6 Å². The maximum Gasteiger partial charge on any atom is 0.149 e. The van der Waals surface area contributed by atoms with E-state index in [0.29, 0.717) is 11.2 Å². The molecule has 0 aromatic carbocycles. The van der Waals surface area contributed by atoms with Crippen molar-refractivity contribution in [1.29, 1.82) is 0 Å². The van der Waals surface area contributed by atoms with E-state index < -0.39 is 0 Å². The summed E-state index contributed by atoms with van der Waals surface area (Å²) in [7, 11) is 0. The summed E-state index contributed by atoms with van der Waals surface area (Å²) in [5, 5.41) is 0.483. The molecule has 2 heterocycles. The van der Waals surface area contributed by atoms with Crippen molar-refractivity contribution in [2.75, 3.05) is 11.4 Å². The fourth-order valence-corrected chi connectivity index (χ4v) is 2.58. The van der Waals surface area contributed by atoms with E-state index in [2.05, 4.69) is 28.7 Å². The van der Waals surface area contributed by atoms with Crippen molar-refractivity contribution in [2.24, 2.45) is 5.92 Å². The van der Waals surface area contributed by atoms with Crippen LogP contribution in [0.4, 0.5) is 5.82 Å². The smallest absolute Gasteiger partial charge is 0.149 e. The molecule has 0 radical (unpaired) electrons. The van der Waals surface area contributed by atoms with Gasteiger partial charge in [-0.3, -0.25) is 4.98 Å². The van der Waals surface area contributed by atoms with Gasteiger partial charge in [0, 0.05) is 12.6 Å². The Morgan fingerprint density at radius 3 is 3.00 bits per heavy atom. The molecule has 0 saturated carbocycles. The van der Waals surface area contributed by atoms with Crippen molar-refractivity contribution in [2.45, 2.75) is 45.6 Å². The monoisotopic (exact) mass is 253 g/mol.